The van der Waals surface area contributed by atoms with E-state index in [1.165, 1.54) is 0 Å². The van der Waals surface area contributed by atoms with Crippen LogP contribution < -0.4 is 10.5 Å². The van der Waals surface area contributed by atoms with E-state index in [9.17, 15) is 0 Å². The lowest BCUT2D eigenvalue weighted by Gasteiger charge is -2.05. The van der Waals surface area contributed by atoms with Crippen LogP contribution in [0.25, 0.3) is 0 Å². The number of nitrogens with two attached hydrogens (primary N) is 1. The molecule has 0 bridgehead atoms. The van der Waals surface area contributed by atoms with Crippen LogP contribution >= 0.6 is 0 Å². The summed E-state index contributed by atoms with van der Waals surface area (Å²) < 4.78 is 5.48. The number of rotatable bonds is 5. The zero-order valence-electron chi connectivity index (χ0n) is 8.20. The van der Waals surface area contributed by atoms with Crippen LogP contribution in [0.5, 0.6) is 5.75 Å². The Hall–Kier alpha value is -1.62. The topological polar surface area (TPSA) is 35.2 Å². The van der Waals surface area contributed by atoms with Gasteiger partial charge >= 0.3 is 0 Å². The normalized spacial score (nSPS) is 9.36. The Bertz CT molecular complexity index is 297. The maximum absolute atomic E-state index is 5.54. The molecule has 1 aromatic rings. The van der Waals surface area contributed by atoms with E-state index in [0.29, 0.717) is 6.61 Å². The highest BCUT2D eigenvalue weighted by molar-refractivity contribution is 5.41. The van der Waals surface area contributed by atoms with E-state index in [2.05, 4.69) is 5.92 Å². The minimum atomic E-state index is 0.714. The average molecular weight is 189 g/mol. The zero-order valence-corrected chi connectivity index (χ0v) is 8.20. The van der Waals surface area contributed by atoms with Crippen LogP contribution in [0.2, 0.25) is 0 Å². The fourth-order valence-corrected chi connectivity index (χ4v) is 1.08. The van der Waals surface area contributed by atoms with Gasteiger partial charge in [-0.1, -0.05) is 0 Å². The molecule has 14 heavy (non-hydrogen) atoms. The van der Waals surface area contributed by atoms with Gasteiger partial charge in [-0.15, -0.1) is 12.3 Å². The van der Waals surface area contributed by atoms with Gasteiger partial charge in [0.05, 0.1) is 6.61 Å². The van der Waals surface area contributed by atoms with Gasteiger partial charge in [0.1, 0.15) is 5.75 Å². The van der Waals surface area contributed by atoms with Gasteiger partial charge in [-0.25, -0.2) is 0 Å². The molecule has 0 spiro atoms. The van der Waals surface area contributed by atoms with Gasteiger partial charge < -0.3 is 10.5 Å². The molecule has 0 amide bonds. The van der Waals surface area contributed by atoms with Crippen molar-refractivity contribution >= 4 is 5.69 Å². The van der Waals surface area contributed by atoms with E-state index in [-0.39, 0.29) is 0 Å². The van der Waals surface area contributed by atoms with Crippen molar-refractivity contribution in [2.24, 2.45) is 0 Å². The number of anilines is 1. The number of nitrogen functional groups attached to an aromatic ring is 1. The highest BCUT2D eigenvalue weighted by Gasteiger charge is 1.92. The summed E-state index contributed by atoms with van der Waals surface area (Å²) in [5.41, 5.74) is 6.30. The fraction of sp³-hybridized carbons (Fsp3) is 0.333. The molecule has 0 radical (unpaired) electrons. The molecule has 0 unspecified atom stereocenters. The third kappa shape index (κ3) is 3.86. The minimum Gasteiger partial charge on any atom is -0.494 e. The first-order chi connectivity index (χ1) is 6.83. The molecule has 0 heterocycles. The molecule has 1 rings (SSSR count). The van der Waals surface area contributed by atoms with Gasteiger partial charge in [0.25, 0.3) is 0 Å². The lowest BCUT2D eigenvalue weighted by Crippen LogP contribution is -1.97. The van der Waals surface area contributed by atoms with E-state index in [1.807, 2.05) is 24.3 Å². The van der Waals surface area contributed by atoms with Gasteiger partial charge in [0.15, 0.2) is 0 Å². The van der Waals surface area contributed by atoms with Crippen LogP contribution in [-0.2, 0) is 0 Å². The smallest absolute Gasteiger partial charge is 0.119 e. The van der Waals surface area contributed by atoms with Crippen molar-refractivity contribution in [3.05, 3.63) is 24.3 Å². The Kier molecular flexibility index (Phi) is 4.43. The van der Waals surface area contributed by atoms with Crippen LogP contribution in [0.3, 0.4) is 0 Å². The Morgan fingerprint density at radius 1 is 1.21 bits per heavy atom. The van der Waals surface area contributed by atoms with Crippen LogP contribution in [-0.4, -0.2) is 6.61 Å². The second-order valence-corrected chi connectivity index (χ2v) is 3.08. The second kappa shape index (κ2) is 5.93. The lowest BCUT2D eigenvalue weighted by atomic mass is 10.2. The first kappa shape index (κ1) is 10.5. The van der Waals surface area contributed by atoms with Crippen molar-refractivity contribution in [1.82, 2.24) is 0 Å². The first-order valence-electron chi connectivity index (χ1n) is 4.75. The Morgan fingerprint density at radius 2 is 1.93 bits per heavy atom. The maximum atomic E-state index is 5.54. The van der Waals surface area contributed by atoms with Crippen molar-refractivity contribution in [1.29, 1.82) is 0 Å². The molecule has 2 nitrogen and oxygen atoms in total. The SMILES string of the molecule is C#CCCCCOc1ccc(N)cc1. The molecule has 0 aliphatic heterocycles. The lowest BCUT2D eigenvalue weighted by molar-refractivity contribution is 0.307. The summed E-state index contributed by atoms with van der Waals surface area (Å²) in [6.45, 7) is 0.714. The Balaban J connectivity index is 2.19. The summed E-state index contributed by atoms with van der Waals surface area (Å²) in [5, 5.41) is 0. The molecule has 0 aliphatic carbocycles. The number of unbranched alkanes of at least 4 members (excludes halogenated alkanes) is 2. The molecule has 2 heteroatoms. The molecule has 0 fully saturated rings. The van der Waals surface area contributed by atoms with Gasteiger partial charge in [0, 0.05) is 12.1 Å². The number of ether oxygens (including phenoxy) is 1. The molecule has 2 N–H and O–H groups in total. The molecule has 74 valence electrons. The summed E-state index contributed by atoms with van der Waals surface area (Å²) >= 11 is 0. The predicted molar refractivity (Wildman–Crippen MR) is 59.0 cm³/mol. The third-order valence-electron chi connectivity index (χ3n) is 1.86. The second-order valence-electron chi connectivity index (χ2n) is 3.08. The van der Waals surface area contributed by atoms with Crippen molar-refractivity contribution in [3.8, 4) is 18.1 Å². The molecular formula is C12H15NO. The van der Waals surface area contributed by atoms with Crippen molar-refractivity contribution in [2.45, 2.75) is 19.3 Å². The van der Waals surface area contributed by atoms with Gasteiger partial charge in [-0.05, 0) is 37.1 Å². The monoisotopic (exact) mass is 189 g/mol. The average Bonchev–Trinajstić information content (AvgIpc) is 2.21. The van der Waals surface area contributed by atoms with Crippen molar-refractivity contribution in [3.63, 3.8) is 0 Å². The number of hydrogen-bond donors (Lipinski definition) is 1. The number of benzene rings is 1. The highest BCUT2D eigenvalue weighted by Crippen LogP contribution is 2.13. The van der Waals surface area contributed by atoms with E-state index in [4.69, 9.17) is 16.9 Å². The van der Waals surface area contributed by atoms with Crippen LogP contribution in [0.4, 0.5) is 5.69 Å². The summed E-state index contributed by atoms with van der Waals surface area (Å²) in [7, 11) is 0. The number of hydrogen-bond acceptors (Lipinski definition) is 2. The number of terminal acetylenes is 1. The van der Waals surface area contributed by atoms with Crippen LogP contribution in [0.15, 0.2) is 24.3 Å². The summed E-state index contributed by atoms with van der Waals surface area (Å²) in [6.07, 6.45) is 7.97. The molecule has 0 saturated heterocycles. The molecule has 0 atom stereocenters. The highest BCUT2D eigenvalue weighted by atomic mass is 16.5. The van der Waals surface area contributed by atoms with Gasteiger partial charge in [-0.2, -0.15) is 0 Å². The summed E-state index contributed by atoms with van der Waals surface area (Å²) in [6, 6.07) is 7.40. The molecule has 0 saturated carbocycles. The minimum absolute atomic E-state index is 0.714. The maximum Gasteiger partial charge on any atom is 0.119 e. The standard InChI is InChI=1S/C12H15NO/c1-2-3-4-5-10-14-12-8-6-11(13)7-9-12/h1,6-9H,3-5,10,13H2. The van der Waals surface area contributed by atoms with Crippen molar-refractivity contribution < 1.29 is 4.74 Å². The van der Waals surface area contributed by atoms with Crippen LogP contribution in [0, 0.1) is 12.3 Å². The Morgan fingerprint density at radius 3 is 2.57 bits per heavy atom. The predicted octanol–water partition coefficient (Wildman–Crippen LogP) is 2.45. The molecule has 1 aromatic carbocycles. The quantitative estimate of drug-likeness (QED) is 0.438. The first-order valence-corrected chi connectivity index (χ1v) is 4.75. The largest absolute Gasteiger partial charge is 0.494 e. The van der Waals surface area contributed by atoms with E-state index in [1.54, 1.807) is 0 Å². The van der Waals surface area contributed by atoms with E-state index >= 15 is 0 Å². The molecule has 0 aromatic heterocycles. The Labute approximate surface area is 85.1 Å². The molecular weight excluding hydrogens is 174 g/mol. The van der Waals surface area contributed by atoms with E-state index < -0.39 is 0 Å². The fourth-order valence-electron chi connectivity index (χ4n) is 1.08. The van der Waals surface area contributed by atoms with E-state index in [0.717, 1.165) is 30.7 Å². The summed E-state index contributed by atoms with van der Waals surface area (Å²) in [5.74, 6) is 3.46. The molecule has 0 aliphatic rings. The van der Waals surface area contributed by atoms with Crippen LogP contribution in [0.1, 0.15) is 19.3 Å². The zero-order chi connectivity index (χ0) is 10.2. The van der Waals surface area contributed by atoms with Gasteiger partial charge in [-0.3, -0.25) is 0 Å². The summed E-state index contributed by atoms with van der Waals surface area (Å²) in [4.78, 5) is 0. The van der Waals surface area contributed by atoms with Gasteiger partial charge in [0.2, 0.25) is 0 Å². The third-order valence-corrected chi connectivity index (χ3v) is 1.86. The van der Waals surface area contributed by atoms with Crippen molar-refractivity contribution in [2.75, 3.05) is 12.3 Å².